The van der Waals surface area contributed by atoms with Gasteiger partial charge in [0.15, 0.2) is 0 Å². The van der Waals surface area contributed by atoms with Gasteiger partial charge < -0.3 is 9.64 Å². The van der Waals surface area contributed by atoms with E-state index in [0.29, 0.717) is 24.6 Å². The van der Waals surface area contributed by atoms with Crippen LogP contribution in [-0.4, -0.2) is 31.0 Å². The molecule has 0 unspecified atom stereocenters. The Bertz CT molecular complexity index is 584. The lowest BCUT2D eigenvalue weighted by molar-refractivity contribution is -0.129. The van der Waals surface area contributed by atoms with E-state index >= 15 is 0 Å². The van der Waals surface area contributed by atoms with Gasteiger partial charge in [-0.3, -0.25) is 4.79 Å². The highest BCUT2D eigenvalue weighted by molar-refractivity contribution is 6.30. The standard InChI is InChI=1S/C18H20ClNO2/c1-20(18(21)14-15-6-3-2-4-7-15)12-5-13-22-17-10-8-16(19)9-11-17/h2-4,6-11H,5,12-14H2,1H3. The van der Waals surface area contributed by atoms with Crippen LogP contribution in [-0.2, 0) is 11.2 Å². The Labute approximate surface area is 136 Å². The van der Waals surface area contributed by atoms with Crippen LogP contribution in [0.15, 0.2) is 54.6 Å². The number of carbonyl (C=O) groups is 1. The number of nitrogens with zero attached hydrogens (tertiary/aromatic N) is 1. The molecule has 1 amide bonds. The third kappa shape index (κ3) is 5.41. The number of halogens is 1. The summed E-state index contributed by atoms with van der Waals surface area (Å²) < 4.78 is 5.61. The highest BCUT2D eigenvalue weighted by atomic mass is 35.5. The summed E-state index contributed by atoms with van der Waals surface area (Å²) in [6.45, 7) is 1.25. The number of ether oxygens (including phenoxy) is 1. The molecule has 0 heterocycles. The molecule has 3 nitrogen and oxygen atoms in total. The van der Waals surface area contributed by atoms with E-state index in [0.717, 1.165) is 17.7 Å². The minimum absolute atomic E-state index is 0.123. The maximum atomic E-state index is 12.1. The summed E-state index contributed by atoms with van der Waals surface area (Å²) in [5, 5.41) is 0.693. The SMILES string of the molecule is CN(CCCOc1ccc(Cl)cc1)C(=O)Cc1ccccc1. The number of hydrogen-bond donors (Lipinski definition) is 0. The number of carbonyl (C=O) groups excluding carboxylic acids is 1. The second kappa shape index (κ2) is 8.44. The molecule has 0 bridgehead atoms. The van der Waals surface area contributed by atoms with Crippen molar-refractivity contribution in [2.45, 2.75) is 12.8 Å². The maximum Gasteiger partial charge on any atom is 0.226 e. The van der Waals surface area contributed by atoms with E-state index < -0.39 is 0 Å². The van der Waals surface area contributed by atoms with E-state index in [4.69, 9.17) is 16.3 Å². The molecule has 0 radical (unpaired) electrons. The third-order valence-electron chi connectivity index (χ3n) is 3.34. The molecular weight excluding hydrogens is 298 g/mol. The lowest BCUT2D eigenvalue weighted by Crippen LogP contribution is -2.30. The normalized spacial score (nSPS) is 10.3. The Hall–Kier alpha value is -2.00. The molecule has 22 heavy (non-hydrogen) atoms. The van der Waals surface area contributed by atoms with Gasteiger partial charge >= 0.3 is 0 Å². The van der Waals surface area contributed by atoms with Crippen molar-refractivity contribution in [3.63, 3.8) is 0 Å². The van der Waals surface area contributed by atoms with Gasteiger partial charge in [0.25, 0.3) is 0 Å². The van der Waals surface area contributed by atoms with Crippen molar-refractivity contribution < 1.29 is 9.53 Å². The van der Waals surface area contributed by atoms with Crippen LogP contribution in [0.1, 0.15) is 12.0 Å². The zero-order valence-electron chi connectivity index (χ0n) is 12.7. The van der Waals surface area contributed by atoms with Crippen molar-refractivity contribution in [2.24, 2.45) is 0 Å². The molecule has 2 aromatic carbocycles. The van der Waals surface area contributed by atoms with Crippen molar-refractivity contribution in [2.75, 3.05) is 20.2 Å². The van der Waals surface area contributed by atoms with Crippen molar-refractivity contribution in [3.05, 3.63) is 65.2 Å². The van der Waals surface area contributed by atoms with Gasteiger partial charge in [0.2, 0.25) is 5.91 Å². The van der Waals surface area contributed by atoms with Crippen molar-refractivity contribution in [3.8, 4) is 5.75 Å². The predicted molar refractivity (Wildman–Crippen MR) is 89.3 cm³/mol. The smallest absolute Gasteiger partial charge is 0.226 e. The highest BCUT2D eigenvalue weighted by Crippen LogP contribution is 2.15. The lowest BCUT2D eigenvalue weighted by Gasteiger charge is -2.17. The molecule has 0 atom stereocenters. The molecule has 0 N–H and O–H groups in total. The molecule has 0 saturated carbocycles. The molecule has 2 rings (SSSR count). The fourth-order valence-electron chi connectivity index (χ4n) is 2.05. The van der Waals surface area contributed by atoms with E-state index in [-0.39, 0.29) is 5.91 Å². The zero-order valence-corrected chi connectivity index (χ0v) is 13.4. The number of amides is 1. The molecule has 0 aliphatic heterocycles. The van der Waals surface area contributed by atoms with Crippen LogP contribution >= 0.6 is 11.6 Å². The molecule has 4 heteroatoms. The van der Waals surface area contributed by atoms with E-state index in [1.807, 2.05) is 49.5 Å². The average molecular weight is 318 g/mol. The average Bonchev–Trinajstić information content (AvgIpc) is 2.54. The predicted octanol–water partition coefficient (Wildman–Crippen LogP) is 3.81. The monoisotopic (exact) mass is 317 g/mol. The van der Waals surface area contributed by atoms with Crippen LogP contribution in [0, 0.1) is 0 Å². The summed E-state index contributed by atoms with van der Waals surface area (Å²) in [7, 11) is 1.83. The van der Waals surface area contributed by atoms with Crippen molar-refractivity contribution in [1.29, 1.82) is 0 Å². The first kappa shape index (κ1) is 16.4. The van der Waals surface area contributed by atoms with Gasteiger partial charge in [-0.15, -0.1) is 0 Å². The van der Waals surface area contributed by atoms with Crippen LogP contribution in [0.4, 0.5) is 0 Å². The van der Waals surface area contributed by atoms with Crippen LogP contribution in [0.2, 0.25) is 5.02 Å². The van der Waals surface area contributed by atoms with E-state index in [2.05, 4.69) is 0 Å². The summed E-state index contributed by atoms with van der Waals surface area (Å²) in [6, 6.07) is 17.1. The number of benzene rings is 2. The van der Waals surface area contributed by atoms with E-state index in [9.17, 15) is 4.79 Å². The van der Waals surface area contributed by atoms with Gasteiger partial charge in [0.05, 0.1) is 13.0 Å². The van der Waals surface area contributed by atoms with Gasteiger partial charge in [0.1, 0.15) is 5.75 Å². The number of hydrogen-bond acceptors (Lipinski definition) is 2. The Morgan fingerprint density at radius 3 is 2.45 bits per heavy atom. The van der Waals surface area contributed by atoms with Crippen LogP contribution < -0.4 is 4.74 Å². The second-order valence-corrected chi connectivity index (χ2v) is 5.57. The van der Waals surface area contributed by atoms with E-state index in [1.54, 1.807) is 17.0 Å². The molecule has 0 aromatic heterocycles. The van der Waals surface area contributed by atoms with Crippen molar-refractivity contribution in [1.82, 2.24) is 4.90 Å². The minimum atomic E-state index is 0.123. The Balaban J connectivity index is 1.67. The molecule has 0 fully saturated rings. The summed E-state index contributed by atoms with van der Waals surface area (Å²) in [5.74, 6) is 0.917. The van der Waals surface area contributed by atoms with Crippen molar-refractivity contribution >= 4 is 17.5 Å². The van der Waals surface area contributed by atoms with Gasteiger partial charge in [-0.1, -0.05) is 41.9 Å². The third-order valence-corrected chi connectivity index (χ3v) is 3.60. The summed E-state index contributed by atoms with van der Waals surface area (Å²) in [6.07, 6.45) is 1.23. The second-order valence-electron chi connectivity index (χ2n) is 5.13. The minimum Gasteiger partial charge on any atom is -0.494 e. The lowest BCUT2D eigenvalue weighted by atomic mass is 10.1. The quantitative estimate of drug-likeness (QED) is 0.727. The molecule has 116 valence electrons. The topological polar surface area (TPSA) is 29.5 Å². The largest absolute Gasteiger partial charge is 0.494 e. The van der Waals surface area contributed by atoms with E-state index in [1.165, 1.54) is 0 Å². The first-order valence-corrected chi connectivity index (χ1v) is 7.69. The Kier molecular flexibility index (Phi) is 6.28. The fraction of sp³-hybridized carbons (Fsp3) is 0.278. The van der Waals surface area contributed by atoms with Gasteiger partial charge in [-0.05, 0) is 36.2 Å². The van der Waals surface area contributed by atoms with Gasteiger partial charge in [-0.25, -0.2) is 0 Å². The fourth-order valence-corrected chi connectivity index (χ4v) is 2.18. The molecule has 0 aliphatic rings. The molecule has 0 aliphatic carbocycles. The zero-order chi connectivity index (χ0) is 15.8. The summed E-state index contributed by atoms with van der Waals surface area (Å²) in [4.78, 5) is 13.8. The Morgan fingerprint density at radius 2 is 1.77 bits per heavy atom. The Morgan fingerprint density at radius 1 is 1.09 bits per heavy atom. The van der Waals surface area contributed by atoms with Crippen LogP contribution in [0.5, 0.6) is 5.75 Å². The highest BCUT2D eigenvalue weighted by Gasteiger charge is 2.09. The first-order valence-electron chi connectivity index (χ1n) is 7.31. The van der Waals surface area contributed by atoms with Crippen LogP contribution in [0.3, 0.4) is 0 Å². The summed E-state index contributed by atoms with van der Waals surface area (Å²) >= 11 is 5.82. The molecular formula is C18H20ClNO2. The maximum absolute atomic E-state index is 12.1. The van der Waals surface area contributed by atoms with Crippen LogP contribution in [0.25, 0.3) is 0 Å². The summed E-state index contributed by atoms with van der Waals surface area (Å²) in [5.41, 5.74) is 1.04. The molecule has 0 spiro atoms. The van der Waals surface area contributed by atoms with Gasteiger partial charge in [-0.2, -0.15) is 0 Å². The molecule has 2 aromatic rings. The molecule has 0 saturated heterocycles. The first-order chi connectivity index (χ1) is 10.6. The number of likely N-dealkylation sites (N-methyl/N-ethyl adjacent to an activating group) is 1. The van der Waals surface area contributed by atoms with Gasteiger partial charge in [0, 0.05) is 18.6 Å². The number of rotatable bonds is 7.